The van der Waals surface area contributed by atoms with Crippen LogP contribution < -0.4 is 0 Å². The van der Waals surface area contributed by atoms with Gasteiger partial charge in [-0.1, -0.05) is 12.1 Å². The lowest BCUT2D eigenvalue weighted by molar-refractivity contribution is 1.20. The Labute approximate surface area is 155 Å². The molecule has 6 heteroatoms. The first-order valence-corrected chi connectivity index (χ1v) is 8.81. The van der Waals surface area contributed by atoms with E-state index in [1.807, 2.05) is 48.5 Å². The minimum atomic E-state index is 0.709. The zero-order valence-corrected chi connectivity index (χ0v) is 15.5. The third-order valence-corrected chi connectivity index (χ3v) is 4.82. The molecule has 0 saturated carbocycles. The zero-order chi connectivity index (χ0) is 16.5. The Morgan fingerprint density at radius 2 is 1.04 bits per heavy atom. The summed E-state index contributed by atoms with van der Waals surface area (Å²) in [5, 5.41) is 0. The SMILES string of the molecule is Brc1ccc(Br)c2nc(-c3ccccn3)c(-c3ccccn3)nc12. The lowest BCUT2D eigenvalue weighted by Crippen LogP contribution is -1.99. The van der Waals surface area contributed by atoms with Crippen LogP contribution in [0.15, 0.2) is 69.9 Å². The molecule has 0 atom stereocenters. The minimum Gasteiger partial charge on any atom is -0.255 e. The summed E-state index contributed by atoms with van der Waals surface area (Å²) < 4.78 is 1.77. The third kappa shape index (κ3) is 2.72. The van der Waals surface area contributed by atoms with E-state index in [2.05, 4.69) is 41.8 Å². The number of hydrogen-bond acceptors (Lipinski definition) is 4. The second-order valence-electron chi connectivity index (χ2n) is 5.08. The molecular weight excluding hydrogens is 432 g/mol. The van der Waals surface area contributed by atoms with E-state index in [1.54, 1.807) is 12.4 Å². The van der Waals surface area contributed by atoms with Crippen LogP contribution in [-0.4, -0.2) is 19.9 Å². The van der Waals surface area contributed by atoms with Crippen molar-refractivity contribution in [3.8, 4) is 22.8 Å². The van der Waals surface area contributed by atoms with Crippen LogP contribution >= 0.6 is 31.9 Å². The van der Waals surface area contributed by atoms with Crippen LogP contribution in [-0.2, 0) is 0 Å². The summed E-state index contributed by atoms with van der Waals surface area (Å²) in [6, 6.07) is 15.4. The standard InChI is InChI=1S/C18H10Br2N4/c19-11-7-8-12(20)16-15(11)23-17(13-5-1-3-9-21-13)18(24-16)14-6-2-4-10-22-14/h1-10H. The highest BCUT2D eigenvalue weighted by atomic mass is 79.9. The summed E-state index contributed by atoms with van der Waals surface area (Å²) in [4.78, 5) is 18.6. The van der Waals surface area contributed by atoms with Gasteiger partial charge in [0.25, 0.3) is 0 Å². The molecule has 0 fully saturated rings. The molecule has 3 aromatic heterocycles. The molecule has 4 aromatic rings. The third-order valence-electron chi connectivity index (χ3n) is 3.54. The van der Waals surface area contributed by atoms with Crippen LogP contribution in [0.4, 0.5) is 0 Å². The Morgan fingerprint density at radius 3 is 1.42 bits per heavy atom. The summed E-state index contributed by atoms with van der Waals surface area (Å²) in [6.07, 6.45) is 3.50. The number of aromatic nitrogens is 4. The maximum Gasteiger partial charge on any atom is 0.117 e. The Balaban J connectivity index is 2.10. The Bertz CT molecular complexity index is 937. The molecule has 1 aromatic carbocycles. The molecule has 0 aliphatic rings. The lowest BCUT2D eigenvalue weighted by Gasteiger charge is -2.11. The normalized spacial score (nSPS) is 10.9. The Morgan fingerprint density at radius 1 is 0.583 bits per heavy atom. The van der Waals surface area contributed by atoms with Crippen molar-refractivity contribution < 1.29 is 0 Å². The van der Waals surface area contributed by atoms with E-state index in [-0.39, 0.29) is 0 Å². The number of pyridine rings is 2. The summed E-state index contributed by atoms with van der Waals surface area (Å²) in [6.45, 7) is 0. The quantitative estimate of drug-likeness (QED) is 0.424. The fourth-order valence-electron chi connectivity index (χ4n) is 2.44. The number of rotatable bonds is 2. The molecule has 0 saturated heterocycles. The van der Waals surface area contributed by atoms with Gasteiger partial charge in [-0.2, -0.15) is 0 Å². The van der Waals surface area contributed by atoms with Gasteiger partial charge in [0.15, 0.2) is 0 Å². The van der Waals surface area contributed by atoms with Crippen molar-refractivity contribution in [3.63, 3.8) is 0 Å². The second kappa shape index (κ2) is 6.37. The van der Waals surface area contributed by atoms with Crippen molar-refractivity contribution in [3.05, 3.63) is 69.9 Å². The molecular formula is C18H10Br2N4. The van der Waals surface area contributed by atoms with Crippen molar-refractivity contribution in [2.24, 2.45) is 0 Å². The van der Waals surface area contributed by atoms with E-state index in [9.17, 15) is 0 Å². The fourth-order valence-corrected chi connectivity index (χ4v) is 3.25. The van der Waals surface area contributed by atoms with Crippen LogP contribution in [0.1, 0.15) is 0 Å². The van der Waals surface area contributed by atoms with E-state index < -0.39 is 0 Å². The van der Waals surface area contributed by atoms with Gasteiger partial charge in [-0.15, -0.1) is 0 Å². The van der Waals surface area contributed by atoms with Gasteiger partial charge in [0.05, 0.1) is 11.4 Å². The lowest BCUT2D eigenvalue weighted by atomic mass is 10.1. The van der Waals surface area contributed by atoms with Crippen molar-refractivity contribution in [1.82, 2.24) is 19.9 Å². The highest BCUT2D eigenvalue weighted by molar-refractivity contribution is 9.11. The molecule has 24 heavy (non-hydrogen) atoms. The van der Waals surface area contributed by atoms with Crippen LogP contribution in [0.2, 0.25) is 0 Å². The number of halogens is 2. The van der Waals surface area contributed by atoms with E-state index in [4.69, 9.17) is 9.97 Å². The van der Waals surface area contributed by atoms with E-state index in [0.717, 1.165) is 31.4 Å². The van der Waals surface area contributed by atoms with E-state index in [1.165, 1.54) is 0 Å². The van der Waals surface area contributed by atoms with Gasteiger partial charge in [0.1, 0.15) is 22.4 Å². The molecule has 116 valence electrons. The largest absolute Gasteiger partial charge is 0.255 e. The predicted molar refractivity (Wildman–Crippen MR) is 101 cm³/mol. The maximum atomic E-state index is 4.84. The van der Waals surface area contributed by atoms with Crippen molar-refractivity contribution in [1.29, 1.82) is 0 Å². The number of nitrogens with zero attached hydrogens (tertiary/aromatic N) is 4. The van der Waals surface area contributed by atoms with Gasteiger partial charge in [-0.05, 0) is 68.3 Å². The molecule has 4 rings (SSSR count). The average Bonchev–Trinajstić information content (AvgIpc) is 2.65. The second-order valence-corrected chi connectivity index (χ2v) is 6.79. The van der Waals surface area contributed by atoms with Gasteiger partial charge in [0, 0.05) is 21.3 Å². The first-order valence-electron chi connectivity index (χ1n) is 7.22. The predicted octanol–water partition coefficient (Wildman–Crippen LogP) is 5.28. The monoisotopic (exact) mass is 440 g/mol. The minimum absolute atomic E-state index is 0.709. The molecule has 0 N–H and O–H groups in total. The van der Waals surface area contributed by atoms with Crippen LogP contribution in [0.3, 0.4) is 0 Å². The molecule has 0 bridgehead atoms. The molecule has 0 unspecified atom stereocenters. The number of fused-ring (bicyclic) bond motifs is 1. The highest BCUT2D eigenvalue weighted by Crippen LogP contribution is 2.34. The molecule has 0 spiro atoms. The molecule has 0 aliphatic heterocycles. The van der Waals surface area contributed by atoms with Gasteiger partial charge in [-0.25, -0.2) is 9.97 Å². The first kappa shape index (κ1) is 15.4. The summed E-state index contributed by atoms with van der Waals surface area (Å²) >= 11 is 7.12. The van der Waals surface area contributed by atoms with Gasteiger partial charge >= 0.3 is 0 Å². The van der Waals surface area contributed by atoms with Gasteiger partial charge in [0.2, 0.25) is 0 Å². The van der Waals surface area contributed by atoms with E-state index in [0.29, 0.717) is 11.4 Å². The van der Waals surface area contributed by atoms with Gasteiger partial charge in [-0.3, -0.25) is 9.97 Å². The van der Waals surface area contributed by atoms with Crippen molar-refractivity contribution in [2.45, 2.75) is 0 Å². The van der Waals surface area contributed by atoms with Crippen molar-refractivity contribution in [2.75, 3.05) is 0 Å². The van der Waals surface area contributed by atoms with Crippen LogP contribution in [0, 0.1) is 0 Å². The molecule has 0 aliphatic carbocycles. The Kier molecular flexibility index (Phi) is 4.08. The molecule has 0 radical (unpaired) electrons. The van der Waals surface area contributed by atoms with Crippen LogP contribution in [0.25, 0.3) is 33.8 Å². The molecule has 0 amide bonds. The summed E-state index contributed by atoms with van der Waals surface area (Å²) in [7, 11) is 0. The highest BCUT2D eigenvalue weighted by Gasteiger charge is 2.17. The Hall–Kier alpha value is -2.18. The number of hydrogen-bond donors (Lipinski definition) is 0. The average molecular weight is 442 g/mol. The van der Waals surface area contributed by atoms with Crippen LogP contribution in [0.5, 0.6) is 0 Å². The summed E-state index contributed by atoms with van der Waals surface area (Å²) in [5.74, 6) is 0. The molecule has 4 nitrogen and oxygen atoms in total. The fraction of sp³-hybridized carbons (Fsp3) is 0. The molecule has 3 heterocycles. The smallest absolute Gasteiger partial charge is 0.117 e. The zero-order valence-electron chi connectivity index (χ0n) is 12.3. The topological polar surface area (TPSA) is 51.6 Å². The van der Waals surface area contributed by atoms with Gasteiger partial charge < -0.3 is 0 Å². The maximum absolute atomic E-state index is 4.84. The first-order chi connectivity index (χ1) is 11.7. The summed E-state index contributed by atoms with van der Waals surface area (Å²) in [5.41, 5.74) is 4.51. The number of benzene rings is 1. The van der Waals surface area contributed by atoms with E-state index >= 15 is 0 Å². The van der Waals surface area contributed by atoms with Crippen molar-refractivity contribution >= 4 is 42.9 Å².